The van der Waals surface area contributed by atoms with Gasteiger partial charge in [-0.1, -0.05) is 48.5 Å². The van der Waals surface area contributed by atoms with Gasteiger partial charge in [-0.2, -0.15) is 0 Å². The third-order valence-electron chi connectivity index (χ3n) is 7.01. The monoisotopic (exact) mass is 535 g/mol. The number of benzene rings is 3. The molecule has 8 nitrogen and oxygen atoms in total. The van der Waals surface area contributed by atoms with Crippen molar-refractivity contribution in [2.75, 3.05) is 0 Å². The van der Waals surface area contributed by atoms with Crippen molar-refractivity contribution in [3.8, 4) is 22.8 Å². The number of aromatic nitrogens is 4. The number of non-ortho nitro benzene ring substituents is 1. The molecule has 0 atom stereocenters. The number of para-hydroxylation sites is 1. The maximum absolute atomic E-state index is 11.5. The molecular formula is C30H25N5O3S. The molecule has 0 fully saturated rings. The standard InChI is InChI=1S/C30H25N5O3S/c36-29-24(14-15-28-32-18-27(33-28)19-6-2-1-3-7-19)25(16-20-17-31-26-9-5-4-8-23(20)26)30(39)34(29)21-10-12-22(13-11-21)35(37)38/h1-13,17-18,31,36,39H,14-16H2,(H,32,33). The fourth-order valence-electron chi connectivity index (χ4n) is 5.02. The molecule has 6 rings (SSSR count). The Labute approximate surface area is 229 Å². The van der Waals surface area contributed by atoms with Crippen LogP contribution in [0.3, 0.4) is 0 Å². The summed E-state index contributed by atoms with van der Waals surface area (Å²) in [5.41, 5.74) is 6.37. The molecule has 3 N–H and O–H groups in total. The number of aryl methyl sites for hydroxylation is 1. The quantitative estimate of drug-likeness (QED) is 0.0996. The summed E-state index contributed by atoms with van der Waals surface area (Å²) in [6, 6.07) is 24.2. The second-order valence-corrected chi connectivity index (χ2v) is 9.78. The van der Waals surface area contributed by atoms with Crippen molar-refractivity contribution >= 4 is 29.2 Å². The van der Waals surface area contributed by atoms with Crippen LogP contribution in [-0.2, 0) is 19.3 Å². The van der Waals surface area contributed by atoms with E-state index in [0.717, 1.165) is 44.7 Å². The number of nitrogens with zero attached hydrogens (tertiary/aromatic N) is 3. The minimum Gasteiger partial charge on any atom is -0.494 e. The van der Waals surface area contributed by atoms with E-state index in [1.54, 1.807) is 16.7 Å². The average Bonchev–Trinajstić information content (AvgIpc) is 3.66. The van der Waals surface area contributed by atoms with Gasteiger partial charge in [-0.25, -0.2) is 4.98 Å². The third-order valence-corrected chi connectivity index (χ3v) is 7.48. The maximum Gasteiger partial charge on any atom is 0.269 e. The average molecular weight is 536 g/mol. The van der Waals surface area contributed by atoms with Crippen LogP contribution in [0.25, 0.3) is 27.8 Å². The first-order valence-electron chi connectivity index (χ1n) is 12.5. The van der Waals surface area contributed by atoms with Crippen molar-refractivity contribution in [2.45, 2.75) is 24.3 Å². The summed E-state index contributed by atoms with van der Waals surface area (Å²) in [7, 11) is 0. The Morgan fingerprint density at radius 2 is 1.69 bits per heavy atom. The van der Waals surface area contributed by atoms with Gasteiger partial charge < -0.3 is 15.1 Å². The molecule has 0 aliphatic heterocycles. The van der Waals surface area contributed by atoms with E-state index in [4.69, 9.17) is 12.6 Å². The first kappa shape index (κ1) is 24.6. The zero-order valence-electron chi connectivity index (χ0n) is 20.8. The molecule has 0 amide bonds. The lowest BCUT2D eigenvalue weighted by atomic mass is 10.0. The first-order chi connectivity index (χ1) is 19.0. The molecule has 39 heavy (non-hydrogen) atoms. The van der Waals surface area contributed by atoms with Gasteiger partial charge in [0.1, 0.15) is 5.82 Å². The molecular weight excluding hydrogens is 510 g/mol. The number of nitro benzene ring substituents is 1. The highest BCUT2D eigenvalue weighted by atomic mass is 32.1. The van der Waals surface area contributed by atoms with Crippen molar-refractivity contribution in [2.24, 2.45) is 0 Å². The minimum absolute atomic E-state index is 0.0163. The Balaban J connectivity index is 1.37. The van der Waals surface area contributed by atoms with Crippen molar-refractivity contribution in [1.82, 2.24) is 19.5 Å². The summed E-state index contributed by atoms with van der Waals surface area (Å²) in [5.74, 6) is 0.883. The zero-order chi connectivity index (χ0) is 26.9. The number of hydrogen-bond acceptors (Lipinski definition) is 5. The topological polar surface area (TPSA) is 113 Å². The fourth-order valence-corrected chi connectivity index (χ4v) is 5.45. The first-order valence-corrected chi connectivity index (χ1v) is 13.0. The fraction of sp³-hybridized carbons (Fsp3) is 0.100. The molecule has 3 aromatic carbocycles. The zero-order valence-corrected chi connectivity index (χ0v) is 21.7. The van der Waals surface area contributed by atoms with Crippen LogP contribution in [0.2, 0.25) is 0 Å². The number of fused-ring (bicyclic) bond motifs is 1. The second kappa shape index (κ2) is 10.2. The van der Waals surface area contributed by atoms with Gasteiger partial charge in [0.2, 0.25) is 0 Å². The van der Waals surface area contributed by atoms with Crippen molar-refractivity contribution in [3.05, 3.63) is 124 Å². The van der Waals surface area contributed by atoms with Crippen LogP contribution in [0.15, 0.2) is 96.3 Å². The van der Waals surface area contributed by atoms with Crippen molar-refractivity contribution < 1.29 is 10.0 Å². The summed E-state index contributed by atoms with van der Waals surface area (Å²) < 4.78 is 1.64. The van der Waals surface area contributed by atoms with Crippen LogP contribution in [-0.4, -0.2) is 29.5 Å². The maximum atomic E-state index is 11.5. The van der Waals surface area contributed by atoms with Gasteiger partial charge >= 0.3 is 0 Å². The van der Waals surface area contributed by atoms with Crippen LogP contribution in [0.1, 0.15) is 22.5 Å². The van der Waals surface area contributed by atoms with Crippen molar-refractivity contribution in [3.63, 3.8) is 0 Å². The largest absolute Gasteiger partial charge is 0.494 e. The van der Waals surface area contributed by atoms with E-state index in [2.05, 4.69) is 21.0 Å². The highest BCUT2D eigenvalue weighted by Crippen LogP contribution is 2.38. The molecule has 0 unspecified atom stereocenters. The van der Waals surface area contributed by atoms with Crippen molar-refractivity contribution in [1.29, 1.82) is 0 Å². The van der Waals surface area contributed by atoms with Crippen LogP contribution >= 0.6 is 12.6 Å². The van der Waals surface area contributed by atoms with E-state index in [0.29, 0.717) is 30.0 Å². The lowest BCUT2D eigenvalue weighted by molar-refractivity contribution is -0.384. The van der Waals surface area contributed by atoms with E-state index >= 15 is 0 Å². The van der Waals surface area contributed by atoms with Gasteiger partial charge in [-0.3, -0.25) is 14.7 Å². The normalized spacial score (nSPS) is 11.3. The molecule has 0 aliphatic rings. The van der Waals surface area contributed by atoms with E-state index in [1.807, 2.05) is 60.9 Å². The van der Waals surface area contributed by atoms with Gasteiger partial charge in [0.25, 0.3) is 5.69 Å². The molecule has 9 heteroatoms. The Hall–Kier alpha value is -4.76. The molecule has 0 saturated heterocycles. The smallest absolute Gasteiger partial charge is 0.269 e. The SMILES string of the molecule is O=[N+]([O-])c1ccc(-n2c(O)c(CCc3ncc(-c4ccccc4)[nH]3)c(Cc3c[nH]c4ccccc34)c2S)cc1. The molecule has 0 spiro atoms. The predicted molar refractivity (Wildman–Crippen MR) is 154 cm³/mol. The number of thiol groups is 1. The molecule has 3 aromatic heterocycles. The lowest BCUT2D eigenvalue weighted by Gasteiger charge is -2.08. The molecule has 6 aromatic rings. The molecule has 0 aliphatic carbocycles. The van der Waals surface area contributed by atoms with Gasteiger partial charge in [0.15, 0.2) is 5.88 Å². The van der Waals surface area contributed by atoms with E-state index < -0.39 is 4.92 Å². The Morgan fingerprint density at radius 3 is 2.46 bits per heavy atom. The summed E-state index contributed by atoms with van der Waals surface area (Å²) in [6.07, 6.45) is 5.47. The minimum atomic E-state index is -0.443. The number of H-pyrrole nitrogens is 2. The highest BCUT2D eigenvalue weighted by molar-refractivity contribution is 7.80. The number of aromatic hydroxyl groups is 1. The number of nitrogens with one attached hydrogen (secondary N) is 2. The second-order valence-electron chi connectivity index (χ2n) is 9.36. The molecule has 3 heterocycles. The van der Waals surface area contributed by atoms with Gasteiger partial charge in [0.05, 0.1) is 27.5 Å². The van der Waals surface area contributed by atoms with Crippen LogP contribution in [0.4, 0.5) is 5.69 Å². The molecule has 0 radical (unpaired) electrons. The number of hydrogen-bond donors (Lipinski definition) is 4. The van der Waals surface area contributed by atoms with Gasteiger partial charge in [-0.15, -0.1) is 12.6 Å². The van der Waals surface area contributed by atoms with Gasteiger partial charge in [0, 0.05) is 47.6 Å². The lowest BCUT2D eigenvalue weighted by Crippen LogP contribution is -1.98. The summed E-state index contributed by atoms with van der Waals surface area (Å²) in [4.78, 5) is 22.0. The van der Waals surface area contributed by atoms with Gasteiger partial charge in [-0.05, 0) is 41.3 Å². The Kier molecular flexibility index (Phi) is 6.42. The summed E-state index contributed by atoms with van der Waals surface area (Å²) >= 11 is 4.85. The summed E-state index contributed by atoms with van der Waals surface area (Å²) in [5, 5.41) is 24.3. The number of nitro groups is 1. The van der Waals surface area contributed by atoms with Crippen LogP contribution in [0, 0.1) is 10.1 Å². The van der Waals surface area contributed by atoms with E-state index in [9.17, 15) is 15.2 Å². The third kappa shape index (κ3) is 4.68. The number of rotatable bonds is 8. The highest BCUT2D eigenvalue weighted by Gasteiger charge is 2.23. The van der Waals surface area contributed by atoms with E-state index in [-0.39, 0.29) is 11.6 Å². The summed E-state index contributed by atoms with van der Waals surface area (Å²) in [6.45, 7) is 0. The molecule has 0 saturated carbocycles. The Morgan fingerprint density at radius 1 is 0.949 bits per heavy atom. The Bertz CT molecular complexity index is 1790. The molecule has 194 valence electrons. The number of aromatic amines is 2. The number of imidazole rings is 1. The predicted octanol–water partition coefficient (Wildman–Crippen LogP) is 6.63. The van der Waals surface area contributed by atoms with Crippen LogP contribution < -0.4 is 0 Å². The van der Waals surface area contributed by atoms with Crippen LogP contribution in [0.5, 0.6) is 5.88 Å². The molecule has 0 bridgehead atoms. The van der Waals surface area contributed by atoms with E-state index in [1.165, 1.54) is 12.1 Å².